The van der Waals surface area contributed by atoms with Crippen LogP contribution in [0.4, 0.5) is 21.0 Å². The van der Waals surface area contributed by atoms with Crippen molar-refractivity contribution in [1.82, 2.24) is 29.8 Å². The normalized spacial score (nSPS) is 21.4. The van der Waals surface area contributed by atoms with Gasteiger partial charge in [0.25, 0.3) is 0 Å². The summed E-state index contributed by atoms with van der Waals surface area (Å²) in [6, 6.07) is 5.25. The maximum Gasteiger partial charge on any atom is 0.322 e. The molecule has 3 fully saturated rings. The number of nitrogen functional groups attached to an aromatic ring is 1. The van der Waals surface area contributed by atoms with Crippen LogP contribution in [-0.4, -0.2) is 120 Å². The van der Waals surface area contributed by atoms with Crippen LogP contribution in [0.2, 0.25) is 5.02 Å². The number of halogens is 1. The number of thiophene rings is 1. The highest BCUT2D eigenvalue weighted by Crippen LogP contribution is 2.31. The van der Waals surface area contributed by atoms with E-state index >= 15 is 0 Å². The number of aryl methyl sites for hydroxylation is 1. The van der Waals surface area contributed by atoms with E-state index in [0.29, 0.717) is 68.7 Å². The molecule has 0 unspecified atom stereocenters. The molecule has 0 spiro atoms. The molecule has 4 aliphatic rings. The maximum absolute atomic E-state index is 14.0. The number of nitrogens with one attached hydrogen (secondary N) is 2. The number of hydrogen-bond acceptors (Lipinski definition) is 7. The van der Waals surface area contributed by atoms with Crippen LogP contribution < -0.4 is 16.4 Å². The zero-order valence-electron chi connectivity index (χ0n) is 26.3. The zero-order chi connectivity index (χ0) is 31.7. The van der Waals surface area contributed by atoms with Crippen LogP contribution in [0.25, 0.3) is 0 Å². The lowest BCUT2D eigenvalue weighted by molar-refractivity contribution is -0.135. The maximum atomic E-state index is 14.0. The highest BCUT2D eigenvalue weighted by molar-refractivity contribution is 7.10. The van der Waals surface area contributed by atoms with E-state index in [1.807, 2.05) is 34.2 Å². The molecule has 4 aliphatic heterocycles. The number of carbonyl (C=O) groups is 3. The number of anilines is 2. The monoisotopic (exact) mass is 656 g/mol. The lowest BCUT2D eigenvalue weighted by Gasteiger charge is -2.43. The van der Waals surface area contributed by atoms with Gasteiger partial charge in [-0.05, 0) is 81.4 Å². The molecule has 0 bridgehead atoms. The van der Waals surface area contributed by atoms with Crippen molar-refractivity contribution in [3.63, 3.8) is 0 Å². The lowest BCUT2D eigenvalue weighted by Crippen LogP contribution is -2.59. The molecule has 3 saturated heterocycles. The minimum atomic E-state index is -0.727. The Morgan fingerprint density at radius 1 is 1.02 bits per heavy atom. The molecule has 2 aromatic rings. The number of carbonyl (C=O) groups excluding carboxylic acids is 3. The van der Waals surface area contributed by atoms with Crippen LogP contribution in [0.15, 0.2) is 23.6 Å². The van der Waals surface area contributed by atoms with Gasteiger partial charge in [-0.1, -0.05) is 17.7 Å². The minimum Gasteiger partial charge on any atom is -0.397 e. The number of urea groups is 2. The van der Waals surface area contributed by atoms with Crippen molar-refractivity contribution in [1.29, 1.82) is 0 Å². The fraction of sp³-hybridized carbons (Fsp3) is 0.594. The van der Waals surface area contributed by atoms with Crippen LogP contribution >= 0.6 is 22.9 Å². The first-order chi connectivity index (χ1) is 21.7. The van der Waals surface area contributed by atoms with E-state index in [1.165, 1.54) is 0 Å². The van der Waals surface area contributed by atoms with Gasteiger partial charge in [0, 0.05) is 62.7 Å². The number of nitrogens with zero attached hydrogens (tertiary/aromatic N) is 5. The highest BCUT2D eigenvalue weighted by Gasteiger charge is 2.36. The number of likely N-dealkylation sites (tertiary alicyclic amines) is 2. The summed E-state index contributed by atoms with van der Waals surface area (Å²) >= 11 is 8.06. The third kappa shape index (κ3) is 7.19. The molecule has 6 rings (SSSR count). The van der Waals surface area contributed by atoms with Crippen molar-refractivity contribution in [3.05, 3.63) is 44.6 Å². The Labute approximate surface area is 274 Å². The molecule has 0 radical (unpaired) electrons. The van der Waals surface area contributed by atoms with Crippen molar-refractivity contribution < 1.29 is 14.4 Å². The minimum absolute atomic E-state index is 0.0579. The van der Waals surface area contributed by atoms with Gasteiger partial charge >= 0.3 is 12.1 Å². The van der Waals surface area contributed by atoms with Gasteiger partial charge in [0.2, 0.25) is 5.91 Å². The molecular formula is C32H45ClN8O3S. The number of rotatable bonds is 6. The molecule has 1 aromatic heterocycles. The van der Waals surface area contributed by atoms with Gasteiger partial charge in [-0.2, -0.15) is 0 Å². The van der Waals surface area contributed by atoms with E-state index in [4.69, 9.17) is 17.3 Å². The topological polar surface area (TPSA) is 117 Å². The predicted molar refractivity (Wildman–Crippen MR) is 179 cm³/mol. The summed E-state index contributed by atoms with van der Waals surface area (Å²) in [6.45, 7) is 8.73. The van der Waals surface area contributed by atoms with Crippen molar-refractivity contribution in [2.45, 2.75) is 63.7 Å². The second-order valence-electron chi connectivity index (χ2n) is 12.9. The van der Waals surface area contributed by atoms with Gasteiger partial charge in [0.1, 0.15) is 6.04 Å². The Balaban J connectivity index is 1.09. The molecular weight excluding hydrogens is 612 g/mol. The Morgan fingerprint density at radius 2 is 1.71 bits per heavy atom. The molecule has 244 valence electrons. The van der Waals surface area contributed by atoms with E-state index in [9.17, 15) is 14.4 Å². The number of benzene rings is 1. The molecule has 4 N–H and O–H groups in total. The molecule has 45 heavy (non-hydrogen) atoms. The van der Waals surface area contributed by atoms with Gasteiger partial charge < -0.3 is 36.0 Å². The quantitative estimate of drug-likeness (QED) is 0.409. The predicted octanol–water partition coefficient (Wildman–Crippen LogP) is 3.66. The lowest BCUT2D eigenvalue weighted by atomic mass is 10.0. The number of hydrogen-bond donors (Lipinski definition) is 3. The van der Waals surface area contributed by atoms with Crippen LogP contribution in [0.5, 0.6) is 0 Å². The zero-order valence-corrected chi connectivity index (χ0v) is 27.8. The number of piperazine rings is 1. The average Bonchev–Trinajstić information content (AvgIpc) is 3.50. The van der Waals surface area contributed by atoms with Gasteiger partial charge in [0.05, 0.1) is 22.9 Å². The van der Waals surface area contributed by atoms with Gasteiger partial charge in [-0.25, -0.2) is 9.59 Å². The largest absolute Gasteiger partial charge is 0.397 e. The second kappa shape index (κ2) is 13.7. The van der Waals surface area contributed by atoms with Crippen LogP contribution in [0.3, 0.4) is 0 Å². The number of amides is 5. The number of nitrogens with two attached hydrogens (primary N) is 1. The summed E-state index contributed by atoms with van der Waals surface area (Å²) in [5.41, 5.74) is 9.22. The van der Waals surface area contributed by atoms with E-state index in [1.54, 1.807) is 22.3 Å². The summed E-state index contributed by atoms with van der Waals surface area (Å²) in [5.74, 6) is -0.0661. The Hall–Kier alpha value is -3.06. The summed E-state index contributed by atoms with van der Waals surface area (Å²) in [7, 11) is 2.17. The first-order valence-electron chi connectivity index (χ1n) is 16.1. The van der Waals surface area contributed by atoms with Crippen LogP contribution in [0.1, 0.15) is 41.7 Å². The van der Waals surface area contributed by atoms with E-state index in [2.05, 4.69) is 27.5 Å². The van der Waals surface area contributed by atoms with E-state index in [-0.39, 0.29) is 24.0 Å². The number of fused-ring (bicyclic) bond motifs is 1. The molecule has 0 aliphatic carbocycles. The first kappa shape index (κ1) is 31.9. The number of piperidine rings is 2. The highest BCUT2D eigenvalue weighted by atomic mass is 35.5. The van der Waals surface area contributed by atoms with Crippen molar-refractivity contribution in [2.75, 3.05) is 70.5 Å². The van der Waals surface area contributed by atoms with Crippen LogP contribution in [-0.2, 0) is 17.8 Å². The second-order valence-corrected chi connectivity index (χ2v) is 14.4. The molecule has 11 nitrogen and oxygen atoms in total. The summed E-state index contributed by atoms with van der Waals surface area (Å²) in [5, 5.41) is 8.52. The van der Waals surface area contributed by atoms with Crippen molar-refractivity contribution in [3.8, 4) is 0 Å². The Bertz CT molecular complexity index is 1370. The first-order valence-corrected chi connectivity index (χ1v) is 17.4. The Kier molecular flexibility index (Phi) is 9.74. The fourth-order valence-electron chi connectivity index (χ4n) is 7.17. The molecule has 5 amide bonds. The van der Waals surface area contributed by atoms with Gasteiger partial charge in [0.15, 0.2) is 0 Å². The summed E-state index contributed by atoms with van der Waals surface area (Å²) in [6.07, 6.45) is 4.02. The smallest absolute Gasteiger partial charge is 0.322 e. The molecule has 1 atom stereocenters. The van der Waals surface area contributed by atoms with E-state index in [0.717, 1.165) is 60.7 Å². The van der Waals surface area contributed by atoms with E-state index < -0.39 is 6.04 Å². The SMILES string of the molecule is Cc1cc(C[C@@H](NC(=O)N2CCC(N3Cc4sccc4NC3=O)CC2)C(=O)N2CCN(C3CCN(C)CC3)CC2)cc(Cl)c1N. The third-order valence-corrected chi connectivity index (χ3v) is 11.2. The summed E-state index contributed by atoms with van der Waals surface area (Å²) < 4.78 is 0. The standard InChI is InChI=1S/C32H45ClN8O3S/c1-21-17-22(18-25(33)29(21)34)19-27(30(42)39-14-12-38(13-15-39)23-3-8-37(2)9-4-23)36-31(43)40-10-5-24(6-11-40)41-20-28-26(7-16-45-28)35-32(41)44/h7,16-18,23-24,27H,3-6,8-15,19-20,34H2,1-2H3,(H,35,44)(H,36,43)/t27-/m1/s1. The van der Waals surface area contributed by atoms with Crippen LogP contribution in [0, 0.1) is 6.92 Å². The van der Waals surface area contributed by atoms with Crippen molar-refractivity contribution >= 4 is 52.3 Å². The molecule has 5 heterocycles. The van der Waals surface area contributed by atoms with Gasteiger partial charge in [-0.15, -0.1) is 11.3 Å². The third-order valence-electron chi connectivity index (χ3n) is 10.0. The fourth-order valence-corrected chi connectivity index (χ4v) is 8.29. The van der Waals surface area contributed by atoms with Crippen molar-refractivity contribution in [2.24, 2.45) is 0 Å². The molecule has 13 heteroatoms. The molecule has 0 saturated carbocycles. The average molecular weight is 657 g/mol. The Morgan fingerprint density at radius 3 is 2.40 bits per heavy atom. The summed E-state index contributed by atoms with van der Waals surface area (Å²) in [4.78, 5) is 52.0. The molecule has 1 aromatic carbocycles. The van der Waals surface area contributed by atoms with Gasteiger partial charge in [-0.3, -0.25) is 9.69 Å².